The lowest BCUT2D eigenvalue weighted by molar-refractivity contribution is 0.445. The molecule has 0 amide bonds. The molecular weight excluding hydrogens is 648 g/mol. The highest BCUT2D eigenvalue weighted by atomic mass is 31.2. The van der Waals surface area contributed by atoms with E-state index in [9.17, 15) is 23.5 Å². The molecule has 0 saturated carbocycles. The Morgan fingerprint density at radius 1 is 0.542 bits per heavy atom. The molecule has 4 aromatic carbocycles. The minimum Gasteiger partial charge on any atom is -0.439 e. The Labute approximate surface area is 276 Å². The number of nitrogens with zero attached hydrogens (tertiary/aromatic N) is 3. The largest absolute Gasteiger partial charge is 0.439 e. The Balaban J connectivity index is 1.14. The van der Waals surface area contributed by atoms with Gasteiger partial charge in [0.2, 0.25) is 0 Å². The number of allylic oxidation sites excluding steroid dienone is 1. The van der Waals surface area contributed by atoms with Gasteiger partial charge in [-0.2, -0.15) is 0 Å². The number of fused-ring (bicyclic) bond motifs is 6. The average molecular weight is 682 g/mol. The van der Waals surface area contributed by atoms with Gasteiger partial charge in [0, 0.05) is 36.5 Å². The van der Waals surface area contributed by atoms with Crippen LogP contribution in [-0.4, -0.2) is 26.0 Å². The molecule has 7 rings (SSSR count). The number of benzene rings is 4. The van der Waals surface area contributed by atoms with Crippen molar-refractivity contribution in [2.75, 3.05) is 12.3 Å². The lowest BCUT2D eigenvalue weighted by Crippen LogP contribution is -2.54. The normalized spacial score (nSPS) is 18.8. The van der Waals surface area contributed by atoms with E-state index in [4.69, 9.17) is 9.05 Å². The van der Waals surface area contributed by atoms with Gasteiger partial charge in [-0.05, 0) is 48.2 Å². The van der Waals surface area contributed by atoms with Gasteiger partial charge in [0.05, 0.1) is 17.2 Å². The van der Waals surface area contributed by atoms with E-state index in [0.29, 0.717) is 22.1 Å². The van der Waals surface area contributed by atoms with Gasteiger partial charge < -0.3 is 9.05 Å². The van der Waals surface area contributed by atoms with Gasteiger partial charge >= 0.3 is 17.1 Å². The molecule has 2 aliphatic heterocycles. The predicted molar refractivity (Wildman–Crippen MR) is 188 cm³/mol. The van der Waals surface area contributed by atoms with Crippen LogP contribution in [0.3, 0.4) is 0 Å². The molecule has 1 aromatic heterocycles. The first-order valence-corrected chi connectivity index (χ1v) is 19.4. The van der Waals surface area contributed by atoms with Crippen molar-refractivity contribution in [3.8, 4) is 33.8 Å². The van der Waals surface area contributed by atoms with E-state index in [0.717, 1.165) is 36.0 Å². The molecule has 0 radical (unpaired) electrons. The first-order chi connectivity index (χ1) is 23.2. The SMILES string of the molecule is C=CCn1c(=O)n(CCCP2(=O)Oc3ccccc3-c3ccccc32)c(=O)n(CCCP2(=O)Oc3ccccc3-c3ccccc32)c1=O. The monoisotopic (exact) mass is 681 g/mol. The summed E-state index contributed by atoms with van der Waals surface area (Å²) in [6.07, 6.45) is 1.91. The molecular formula is C36H33N3O7P2. The highest BCUT2D eigenvalue weighted by molar-refractivity contribution is 7.68. The maximum absolute atomic E-state index is 14.3. The lowest BCUT2D eigenvalue weighted by atomic mass is 10.0. The topological polar surface area (TPSA) is 119 Å². The highest BCUT2D eigenvalue weighted by Crippen LogP contribution is 2.56. The molecule has 0 N–H and O–H groups in total. The van der Waals surface area contributed by atoms with Crippen molar-refractivity contribution in [1.82, 2.24) is 13.7 Å². The molecule has 12 heteroatoms. The van der Waals surface area contributed by atoms with Crippen LogP contribution in [0.15, 0.2) is 124 Å². The van der Waals surface area contributed by atoms with Gasteiger partial charge in [-0.25, -0.2) is 28.1 Å². The van der Waals surface area contributed by atoms with E-state index < -0.39 is 31.8 Å². The molecule has 5 aromatic rings. The molecule has 0 spiro atoms. The second-order valence-corrected chi connectivity index (χ2v) is 16.7. The van der Waals surface area contributed by atoms with Crippen molar-refractivity contribution in [3.63, 3.8) is 0 Å². The summed E-state index contributed by atoms with van der Waals surface area (Å²) >= 11 is 0. The zero-order valence-corrected chi connectivity index (χ0v) is 27.9. The number of aromatic nitrogens is 3. The molecule has 2 aliphatic rings. The van der Waals surface area contributed by atoms with E-state index in [1.165, 1.54) is 6.08 Å². The number of hydrogen-bond donors (Lipinski definition) is 0. The van der Waals surface area contributed by atoms with Crippen LogP contribution in [0.25, 0.3) is 22.3 Å². The van der Waals surface area contributed by atoms with Gasteiger partial charge in [-0.3, -0.25) is 9.13 Å². The van der Waals surface area contributed by atoms with Crippen LogP contribution in [0.4, 0.5) is 0 Å². The first-order valence-electron chi connectivity index (χ1n) is 15.7. The maximum Gasteiger partial charge on any atom is 0.336 e. The van der Waals surface area contributed by atoms with Gasteiger partial charge in [-0.15, -0.1) is 6.58 Å². The number of para-hydroxylation sites is 2. The Kier molecular flexibility index (Phi) is 8.32. The Morgan fingerprint density at radius 3 is 1.35 bits per heavy atom. The zero-order chi connectivity index (χ0) is 33.5. The molecule has 0 bridgehead atoms. The van der Waals surface area contributed by atoms with Crippen LogP contribution in [-0.2, 0) is 28.8 Å². The summed E-state index contributed by atoms with van der Waals surface area (Å²) in [5.74, 6) is 1.04. The minimum absolute atomic E-state index is 0.0756. The van der Waals surface area contributed by atoms with E-state index in [2.05, 4.69) is 6.58 Å². The van der Waals surface area contributed by atoms with E-state index >= 15 is 0 Å². The Hall–Kier alpha value is -4.91. The fourth-order valence-corrected chi connectivity index (χ4v) is 11.2. The molecule has 48 heavy (non-hydrogen) atoms. The number of rotatable bonds is 10. The minimum atomic E-state index is -3.39. The summed E-state index contributed by atoms with van der Waals surface area (Å²) in [4.78, 5) is 40.5. The fourth-order valence-electron chi connectivity index (χ4n) is 6.51. The molecule has 2 unspecified atom stereocenters. The molecule has 0 aliphatic carbocycles. The van der Waals surface area contributed by atoms with Crippen LogP contribution >= 0.6 is 14.7 Å². The van der Waals surface area contributed by atoms with Crippen molar-refractivity contribution >= 4 is 25.3 Å². The van der Waals surface area contributed by atoms with E-state index in [1.807, 2.05) is 60.7 Å². The van der Waals surface area contributed by atoms with Gasteiger partial charge in [-0.1, -0.05) is 78.9 Å². The Bertz CT molecular complexity index is 2200. The van der Waals surface area contributed by atoms with Crippen molar-refractivity contribution < 1.29 is 18.2 Å². The van der Waals surface area contributed by atoms with Crippen molar-refractivity contribution in [3.05, 3.63) is 141 Å². The van der Waals surface area contributed by atoms with E-state index in [-0.39, 0.29) is 44.8 Å². The van der Waals surface area contributed by atoms with Gasteiger partial charge in [0.25, 0.3) is 14.7 Å². The quantitative estimate of drug-likeness (QED) is 0.142. The summed E-state index contributed by atoms with van der Waals surface area (Å²) in [7, 11) is -6.79. The summed E-state index contributed by atoms with van der Waals surface area (Å²) in [5.41, 5.74) is 1.02. The zero-order valence-electron chi connectivity index (χ0n) is 26.1. The molecule has 0 saturated heterocycles. The standard InChI is InChI=1S/C36H33N3O7P2/c1-2-21-37-34(40)38(22-11-24-47(43)32-19-9-5-15-28(32)26-13-3-7-17-30(26)45-47)36(42)39(35(37)41)23-12-25-48(44)33-20-10-6-16-29(33)27-14-4-8-18-31(27)46-48/h2-10,13-20H,1,11-12,21-25H2. The fraction of sp³-hybridized carbons (Fsp3) is 0.194. The predicted octanol–water partition coefficient (Wildman–Crippen LogP) is 5.46. The second-order valence-electron chi connectivity index (χ2n) is 11.8. The maximum atomic E-state index is 14.3. The molecule has 244 valence electrons. The van der Waals surface area contributed by atoms with Crippen LogP contribution in [0.5, 0.6) is 11.5 Å². The van der Waals surface area contributed by atoms with Crippen LogP contribution in [0.1, 0.15) is 12.8 Å². The molecule has 3 heterocycles. The smallest absolute Gasteiger partial charge is 0.336 e. The first kappa shape index (κ1) is 31.7. The van der Waals surface area contributed by atoms with Crippen LogP contribution in [0, 0.1) is 0 Å². The highest BCUT2D eigenvalue weighted by Gasteiger charge is 2.37. The Morgan fingerprint density at radius 2 is 0.917 bits per heavy atom. The van der Waals surface area contributed by atoms with Crippen molar-refractivity contribution in [2.24, 2.45) is 0 Å². The summed E-state index contributed by atoms with van der Waals surface area (Å²) in [5, 5.41) is 1.18. The summed E-state index contributed by atoms with van der Waals surface area (Å²) in [6.45, 7) is 3.39. The van der Waals surface area contributed by atoms with Gasteiger partial charge in [0.1, 0.15) is 11.5 Å². The third kappa shape index (κ3) is 5.45. The number of hydrogen-bond acceptors (Lipinski definition) is 7. The summed E-state index contributed by atoms with van der Waals surface area (Å²) in [6, 6.07) is 29.5. The van der Waals surface area contributed by atoms with Crippen LogP contribution in [0.2, 0.25) is 0 Å². The van der Waals surface area contributed by atoms with Crippen molar-refractivity contribution in [2.45, 2.75) is 32.5 Å². The van der Waals surface area contributed by atoms with Crippen molar-refractivity contribution in [1.29, 1.82) is 0 Å². The molecule has 10 nitrogen and oxygen atoms in total. The lowest BCUT2D eigenvalue weighted by Gasteiger charge is -2.29. The second kappa shape index (κ2) is 12.6. The summed E-state index contributed by atoms with van der Waals surface area (Å²) < 4.78 is 43.6. The third-order valence-electron chi connectivity index (χ3n) is 8.75. The molecule has 0 fully saturated rings. The van der Waals surface area contributed by atoms with Crippen LogP contribution < -0.4 is 36.7 Å². The average Bonchev–Trinajstić information content (AvgIpc) is 3.10. The third-order valence-corrected chi connectivity index (χ3v) is 13.8. The van der Waals surface area contributed by atoms with Gasteiger partial charge in [0.15, 0.2) is 0 Å². The van der Waals surface area contributed by atoms with E-state index in [1.54, 1.807) is 36.4 Å². The molecule has 2 atom stereocenters.